The molecule has 0 aromatic rings. The molecule has 0 fully saturated rings. The van der Waals surface area contributed by atoms with Crippen molar-refractivity contribution < 1.29 is 13.5 Å². The first-order valence-electron chi connectivity index (χ1n) is 3.61. The molecule has 0 saturated carbocycles. The Morgan fingerprint density at radius 1 is 1.25 bits per heavy atom. The first kappa shape index (κ1) is 10.9. The summed E-state index contributed by atoms with van der Waals surface area (Å²) in [5.74, 6) is 0.170. The number of rotatable bonds is 4. The second kappa shape index (κ2) is 6.58. The molecule has 0 aromatic heterocycles. The van der Waals surface area contributed by atoms with Gasteiger partial charge < -0.3 is 4.74 Å². The molecule has 0 aliphatic heterocycles. The number of allylic oxidation sites excluding steroid dienone is 5. The second-order valence-electron chi connectivity index (χ2n) is 1.95. The Bertz CT molecular complexity index is 193. The molecule has 0 aromatic carbocycles. The van der Waals surface area contributed by atoms with Crippen molar-refractivity contribution in [2.45, 2.75) is 20.5 Å². The van der Waals surface area contributed by atoms with E-state index in [0.29, 0.717) is 0 Å². The maximum absolute atomic E-state index is 11.7. The van der Waals surface area contributed by atoms with Gasteiger partial charge in [0.2, 0.25) is 0 Å². The molecule has 0 radical (unpaired) electrons. The molecule has 0 aliphatic carbocycles. The minimum absolute atomic E-state index is 0.170. The van der Waals surface area contributed by atoms with Gasteiger partial charge in [-0.05, 0) is 26.0 Å². The Labute approximate surface area is 71.0 Å². The number of ether oxygens (including phenoxy) is 1. The van der Waals surface area contributed by atoms with Crippen molar-refractivity contribution in [3.63, 3.8) is 0 Å². The lowest BCUT2D eigenvalue weighted by Crippen LogP contribution is -1.96. The van der Waals surface area contributed by atoms with Crippen LogP contribution in [0, 0.1) is 0 Å². The Morgan fingerprint density at radius 2 is 1.92 bits per heavy atom. The molecule has 0 unspecified atom stereocenters. The minimum Gasteiger partial charge on any atom is -0.435 e. The third-order valence-corrected chi connectivity index (χ3v) is 1.07. The standard InChI is InChI=1S/C9H12F2O/c1-3-5-6-7-8(4-2)12-9(10)11/h3-7,9H,1-2H3/b5-3+,7-6-,8-4+. The van der Waals surface area contributed by atoms with Gasteiger partial charge in [-0.3, -0.25) is 0 Å². The van der Waals surface area contributed by atoms with E-state index in [4.69, 9.17) is 0 Å². The lowest BCUT2D eigenvalue weighted by Gasteiger charge is -2.02. The monoisotopic (exact) mass is 174 g/mol. The Hall–Kier alpha value is -1.12. The molecule has 0 saturated heterocycles. The van der Waals surface area contributed by atoms with E-state index >= 15 is 0 Å². The molecule has 1 nitrogen and oxygen atoms in total. The van der Waals surface area contributed by atoms with E-state index in [-0.39, 0.29) is 5.76 Å². The van der Waals surface area contributed by atoms with E-state index in [1.54, 1.807) is 25.2 Å². The fraction of sp³-hybridized carbons (Fsp3) is 0.333. The quantitative estimate of drug-likeness (QED) is 0.469. The van der Waals surface area contributed by atoms with E-state index in [0.717, 1.165) is 0 Å². The van der Waals surface area contributed by atoms with Gasteiger partial charge >= 0.3 is 6.61 Å². The maximum Gasteiger partial charge on any atom is 0.387 e. The summed E-state index contributed by atoms with van der Waals surface area (Å²) < 4.78 is 27.5. The van der Waals surface area contributed by atoms with E-state index in [1.165, 1.54) is 12.2 Å². The number of halogens is 2. The van der Waals surface area contributed by atoms with Crippen molar-refractivity contribution >= 4 is 0 Å². The van der Waals surface area contributed by atoms with Crippen molar-refractivity contribution in [1.82, 2.24) is 0 Å². The average Bonchev–Trinajstić information content (AvgIpc) is 2.02. The molecule has 0 bridgehead atoms. The molecule has 0 amide bonds. The molecule has 0 aliphatic rings. The van der Waals surface area contributed by atoms with Crippen LogP contribution in [0.2, 0.25) is 0 Å². The van der Waals surface area contributed by atoms with Gasteiger partial charge in [-0.25, -0.2) is 0 Å². The SMILES string of the molecule is C/C=C/C=C\C(=C/C)OC(F)F. The van der Waals surface area contributed by atoms with Crippen LogP contribution in [0.5, 0.6) is 0 Å². The number of hydrogen-bond donors (Lipinski definition) is 0. The van der Waals surface area contributed by atoms with Gasteiger partial charge in [-0.1, -0.05) is 18.2 Å². The molecular formula is C9H12F2O. The highest BCUT2D eigenvalue weighted by Gasteiger charge is 2.01. The zero-order chi connectivity index (χ0) is 9.40. The third kappa shape index (κ3) is 5.65. The zero-order valence-electron chi connectivity index (χ0n) is 7.13. The van der Waals surface area contributed by atoms with Crippen molar-refractivity contribution in [3.8, 4) is 0 Å². The van der Waals surface area contributed by atoms with Crippen LogP contribution in [0.3, 0.4) is 0 Å². The summed E-state index contributed by atoms with van der Waals surface area (Å²) in [6.45, 7) is 0.720. The summed E-state index contributed by atoms with van der Waals surface area (Å²) in [6, 6.07) is 0. The minimum atomic E-state index is -2.76. The van der Waals surface area contributed by atoms with Crippen LogP contribution in [-0.2, 0) is 4.74 Å². The summed E-state index contributed by atoms with van der Waals surface area (Å²) >= 11 is 0. The van der Waals surface area contributed by atoms with Crippen molar-refractivity contribution in [2.75, 3.05) is 0 Å². The second-order valence-corrected chi connectivity index (χ2v) is 1.95. The zero-order valence-corrected chi connectivity index (χ0v) is 7.13. The van der Waals surface area contributed by atoms with Gasteiger partial charge in [-0.2, -0.15) is 8.78 Å². The van der Waals surface area contributed by atoms with Gasteiger partial charge in [-0.15, -0.1) is 0 Å². The van der Waals surface area contributed by atoms with Crippen molar-refractivity contribution in [3.05, 3.63) is 36.1 Å². The van der Waals surface area contributed by atoms with Gasteiger partial charge in [0, 0.05) is 0 Å². The molecule has 0 spiro atoms. The van der Waals surface area contributed by atoms with E-state index in [2.05, 4.69) is 4.74 Å². The van der Waals surface area contributed by atoms with Gasteiger partial charge in [0.1, 0.15) is 5.76 Å². The topological polar surface area (TPSA) is 9.23 Å². The normalized spacial score (nSPS) is 13.6. The van der Waals surface area contributed by atoms with Crippen molar-refractivity contribution in [1.29, 1.82) is 0 Å². The molecule has 0 N–H and O–H groups in total. The fourth-order valence-electron chi connectivity index (χ4n) is 0.568. The van der Waals surface area contributed by atoms with E-state index < -0.39 is 6.61 Å². The summed E-state index contributed by atoms with van der Waals surface area (Å²) in [6.07, 6.45) is 8.13. The average molecular weight is 174 g/mol. The van der Waals surface area contributed by atoms with Gasteiger partial charge in [0.05, 0.1) is 0 Å². The molecule has 0 heterocycles. The Kier molecular flexibility index (Phi) is 5.97. The first-order chi connectivity index (χ1) is 5.70. The van der Waals surface area contributed by atoms with Gasteiger partial charge in [0.15, 0.2) is 0 Å². The molecule has 0 rings (SSSR count). The van der Waals surface area contributed by atoms with Gasteiger partial charge in [0.25, 0.3) is 0 Å². The highest BCUT2D eigenvalue weighted by Crippen LogP contribution is 2.06. The predicted octanol–water partition coefficient (Wildman–Crippen LogP) is 3.26. The first-order valence-corrected chi connectivity index (χ1v) is 3.61. The smallest absolute Gasteiger partial charge is 0.387 e. The summed E-state index contributed by atoms with van der Waals surface area (Å²) in [5, 5.41) is 0. The molecular weight excluding hydrogens is 162 g/mol. The lowest BCUT2D eigenvalue weighted by atomic mass is 10.4. The maximum atomic E-state index is 11.7. The number of hydrogen-bond acceptors (Lipinski definition) is 1. The van der Waals surface area contributed by atoms with Crippen LogP contribution in [0.4, 0.5) is 8.78 Å². The fourth-order valence-corrected chi connectivity index (χ4v) is 0.568. The highest BCUT2D eigenvalue weighted by atomic mass is 19.3. The molecule has 12 heavy (non-hydrogen) atoms. The van der Waals surface area contributed by atoms with Crippen LogP contribution < -0.4 is 0 Å². The Morgan fingerprint density at radius 3 is 2.33 bits per heavy atom. The largest absolute Gasteiger partial charge is 0.435 e. The van der Waals surface area contributed by atoms with Crippen LogP contribution in [0.1, 0.15) is 13.8 Å². The Balaban J connectivity index is 4.01. The van der Waals surface area contributed by atoms with E-state index in [9.17, 15) is 8.78 Å². The highest BCUT2D eigenvalue weighted by molar-refractivity contribution is 5.16. The number of alkyl halides is 2. The molecule has 68 valence electrons. The summed E-state index contributed by atoms with van der Waals surface area (Å²) in [7, 11) is 0. The predicted molar refractivity (Wildman–Crippen MR) is 44.8 cm³/mol. The van der Waals surface area contributed by atoms with Crippen LogP contribution in [-0.4, -0.2) is 6.61 Å². The van der Waals surface area contributed by atoms with Crippen LogP contribution in [0.25, 0.3) is 0 Å². The third-order valence-electron chi connectivity index (χ3n) is 1.07. The van der Waals surface area contributed by atoms with Crippen molar-refractivity contribution in [2.24, 2.45) is 0 Å². The van der Waals surface area contributed by atoms with Crippen LogP contribution in [0.15, 0.2) is 36.1 Å². The lowest BCUT2D eigenvalue weighted by molar-refractivity contribution is -0.0921. The van der Waals surface area contributed by atoms with E-state index in [1.807, 2.05) is 6.92 Å². The molecule has 3 heteroatoms. The summed E-state index contributed by atoms with van der Waals surface area (Å²) in [5.41, 5.74) is 0. The van der Waals surface area contributed by atoms with Crippen LogP contribution >= 0.6 is 0 Å². The molecule has 0 atom stereocenters. The summed E-state index contributed by atoms with van der Waals surface area (Å²) in [4.78, 5) is 0.